The van der Waals surface area contributed by atoms with Gasteiger partial charge in [-0.1, -0.05) is 11.6 Å². The van der Waals surface area contributed by atoms with Crippen LogP contribution in [0.1, 0.15) is 15.4 Å². The molecule has 0 fully saturated rings. The summed E-state index contributed by atoms with van der Waals surface area (Å²) in [5, 5.41) is 2.71. The van der Waals surface area contributed by atoms with E-state index in [1.165, 1.54) is 0 Å². The summed E-state index contributed by atoms with van der Waals surface area (Å²) in [7, 11) is 0. The van der Waals surface area contributed by atoms with Gasteiger partial charge >= 0.3 is 0 Å². The molecule has 0 atom stereocenters. The van der Waals surface area contributed by atoms with E-state index in [0.29, 0.717) is 12.2 Å². The molecule has 0 spiro atoms. The first-order valence-electron chi connectivity index (χ1n) is 4.13. The Morgan fingerprint density at radius 3 is 3.00 bits per heavy atom. The van der Waals surface area contributed by atoms with Gasteiger partial charge in [-0.25, -0.2) is 0 Å². The smallest absolute Gasteiger partial charge is 0.166 e. The third kappa shape index (κ3) is 1.74. The van der Waals surface area contributed by atoms with Gasteiger partial charge in [-0.3, -0.25) is 4.79 Å². The highest BCUT2D eigenvalue weighted by Gasteiger charge is 2.04. The van der Waals surface area contributed by atoms with E-state index in [0.717, 1.165) is 16.2 Å². The van der Waals surface area contributed by atoms with Crippen molar-refractivity contribution in [2.24, 2.45) is 0 Å². The molecular weight excluding hydrogens is 218 g/mol. The van der Waals surface area contributed by atoms with E-state index in [2.05, 4.69) is 0 Å². The highest BCUT2D eigenvalue weighted by molar-refractivity contribution is 7.10. The first-order valence-corrected chi connectivity index (χ1v) is 5.39. The van der Waals surface area contributed by atoms with Gasteiger partial charge in [0, 0.05) is 11.1 Å². The predicted octanol–water partition coefficient (Wildman–Crippen LogP) is 3.06. The normalized spacial score (nSPS) is 10.4. The lowest BCUT2D eigenvalue weighted by Gasteiger charge is -2.03. The zero-order valence-corrected chi connectivity index (χ0v) is 8.89. The van der Waals surface area contributed by atoms with Crippen LogP contribution in [0.5, 0.6) is 0 Å². The van der Waals surface area contributed by atoms with Gasteiger partial charge in [-0.2, -0.15) is 0 Å². The van der Waals surface area contributed by atoms with E-state index < -0.39 is 0 Å². The number of thiophene rings is 1. The second-order valence-electron chi connectivity index (χ2n) is 2.87. The summed E-state index contributed by atoms with van der Waals surface area (Å²) in [6.45, 7) is 0.664. The first-order chi connectivity index (χ1) is 6.81. The maximum atomic E-state index is 10.7. The van der Waals surface area contributed by atoms with Crippen LogP contribution in [0.2, 0.25) is 5.02 Å². The monoisotopic (exact) mass is 225 g/mol. The van der Waals surface area contributed by atoms with E-state index in [4.69, 9.17) is 11.6 Å². The molecule has 0 aromatic carbocycles. The van der Waals surface area contributed by atoms with Crippen LogP contribution in [0.15, 0.2) is 29.8 Å². The summed E-state index contributed by atoms with van der Waals surface area (Å²) in [6, 6.07) is 5.51. The molecular formula is C10H8ClNOS. The average molecular weight is 226 g/mol. The van der Waals surface area contributed by atoms with Crippen LogP contribution in [-0.2, 0) is 6.54 Å². The summed E-state index contributed by atoms with van der Waals surface area (Å²) < 4.78 is 1.88. The fourth-order valence-corrected chi connectivity index (χ4v) is 2.36. The van der Waals surface area contributed by atoms with Gasteiger partial charge < -0.3 is 4.57 Å². The lowest BCUT2D eigenvalue weighted by Crippen LogP contribution is -2.00. The third-order valence-electron chi connectivity index (χ3n) is 1.99. The fourth-order valence-electron chi connectivity index (χ4n) is 1.27. The maximum Gasteiger partial charge on any atom is 0.166 e. The van der Waals surface area contributed by atoms with Crippen molar-refractivity contribution in [3.05, 3.63) is 45.4 Å². The molecule has 2 aromatic rings. The quantitative estimate of drug-likeness (QED) is 0.736. The van der Waals surface area contributed by atoms with Crippen LogP contribution in [0.25, 0.3) is 0 Å². The van der Waals surface area contributed by atoms with Crippen LogP contribution in [0, 0.1) is 0 Å². The number of nitrogens with zero attached hydrogens (tertiary/aromatic N) is 1. The Labute approximate surface area is 90.7 Å². The number of carbonyl (C=O) groups excluding carboxylic acids is 1. The third-order valence-corrected chi connectivity index (χ3v) is 3.36. The van der Waals surface area contributed by atoms with Crippen molar-refractivity contribution < 1.29 is 4.79 Å². The molecule has 0 N–H and O–H groups in total. The molecule has 2 nitrogen and oxygen atoms in total. The van der Waals surface area contributed by atoms with E-state index >= 15 is 0 Å². The zero-order valence-electron chi connectivity index (χ0n) is 7.31. The summed E-state index contributed by atoms with van der Waals surface area (Å²) in [5.41, 5.74) is 0.675. The molecule has 0 unspecified atom stereocenters. The molecule has 2 aromatic heterocycles. The summed E-state index contributed by atoms with van der Waals surface area (Å²) in [5.74, 6) is 0. The van der Waals surface area contributed by atoms with E-state index in [9.17, 15) is 4.79 Å². The number of halogens is 1. The number of aldehydes is 1. The maximum absolute atomic E-state index is 10.7. The van der Waals surface area contributed by atoms with Crippen LogP contribution in [0.4, 0.5) is 0 Å². The van der Waals surface area contributed by atoms with Crippen molar-refractivity contribution in [2.75, 3.05) is 0 Å². The largest absolute Gasteiger partial charge is 0.340 e. The molecule has 2 rings (SSSR count). The number of aromatic nitrogens is 1. The zero-order chi connectivity index (χ0) is 9.97. The van der Waals surface area contributed by atoms with Gasteiger partial charge in [0.15, 0.2) is 6.29 Å². The Balaban J connectivity index is 2.27. The highest BCUT2D eigenvalue weighted by atomic mass is 35.5. The summed E-state index contributed by atoms with van der Waals surface area (Å²) in [6.07, 6.45) is 2.72. The molecule has 0 aliphatic carbocycles. The van der Waals surface area contributed by atoms with Crippen molar-refractivity contribution >= 4 is 29.2 Å². The Kier molecular flexibility index (Phi) is 2.70. The second kappa shape index (κ2) is 3.98. The molecule has 0 amide bonds. The van der Waals surface area contributed by atoms with Crippen molar-refractivity contribution in [2.45, 2.75) is 6.54 Å². The van der Waals surface area contributed by atoms with Gasteiger partial charge in [0.25, 0.3) is 0 Å². The molecule has 0 saturated carbocycles. The topological polar surface area (TPSA) is 22.0 Å². The van der Waals surface area contributed by atoms with Crippen LogP contribution < -0.4 is 0 Å². The lowest BCUT2D eigenvalue weighted by molar-refractivity contribution is 0.111. The van der Waals surface area contributed by atoms with Gasteiger partial charge in [0.2, 0.25) is 0 Å². The van der Waals surface area contributed by atoms with Crippen molar-refractivity contribution in [1.82, 2.24) is 4.57 Å². The van der Waals surface area contributed by atoms with Crippen LogP contribution in [-0.4, -0.2) is 10.9 Å². The first kappa shape index (κ1) is 9.49. The predicted molar refractivity (Wildman–Crippen MR) is 58.3 cm³/mol. The molecule has 14 heavy (non-hydrogen) atoms. The summed E-state index contributed by atoms with van der Waals surface area (Å²) >= 11 is 7.56. The molecule has 0 aliphatic rings. The Morgan fingerprint density at radius 2 is 2.36 bits per heavy atom. The average Bonchev–Trinajstić information content (AvgIpc) is 2.77. The minimum absolute atomic E-state index is 0.664. The van der Waals surface area contributed by atoms with Gasteiger partial charge in [0.05, 0.1) is 17.3 Å². The summed E-state index contributed by atoms with van der Waals surface area (Å²) in [4.78, 5) is 11.7. The molecule has 2 heterocycles. The molecule has 4 heteroatoms. The second-order valence-corrected chi connectivity index (χ2v) is 4.28. The number of carbonyl (C=O) groups is 1. The van der Waals surface area contributed by atoms with Gasteiger partial charge in [-0.05, 0) is 23.6 Å². The lowest BCUT2D eigenvalue weighted by atomic mass is 10.4. The van der Waals surface area contributed by atoms with E-state index in [-0.39, 0.29) is 0 Å². The van der Waals surface area contributed by atoms with Crippen molar-refractivity contribution in [1.29, 1.82) is 0 Å². The number of rotatable bonds is 3. The van der Waals surface area contributed by atoms with Crippen LogP contribution in [0.3, 0.4) is 0 Å². The molecule has 0 aliphatic heterocycles. The fraction of sp³-hybridized carbons (Fsp3) is 0.100. The Bertz CT molecular complexity index is 446. The van der Waals surface area contributed by atoms with E-state index in [1.54, 1.807) is 17.4 Å². The molecule has 72 valence electrons. The molecule has 0 radical (unpaired) electrons. The minimum atomic E-state index is 0.664. The van der Waals surface area contributed by atoms with Crippen molar-refractivity contribution in [3.63, 3.8) is 0 Å². The van der Waals surface area contributed by atoms with Crippen LogP contribution >= 0.6 is 22.9 Å². The Morgan fingerprint density at radius 1 is 1.50 bits per heavy atom. The minimum Gasteiger partial charge on any atom is -0.340 e. The van der Waals surface area contributed by atoms with Gasteiger partial charge in [-0.15, -0.1) is 11.3 Å². The standard InChI is InChI=1S/C10H8ClNOS/c11-9-3-5-14-10(9)6-12-4-1-2-8(12)7-13/h1-5,7H,6H2. The number of hydrogen-bond donors (Lipinski definition) is 0. The van der Waals surface area contributed by atoms with Gasteiger partial charge in [0.1, 0.15) is 0 Å². The molecule has 0 bridgehead atoms. The molecule has 0 saturated heterocycles. The highest BCUT2D eigenvalue weighted by Crippen LogP contribution is 2.23. The number of hydrogen-bond acceptors (Lipinski definition) is 2. The van der Waals surface area contributed by atoms with Crippen molar-refractivity contribution in [3.8, 4) is 0 Å². The SMILES string of the molecule is O=Cc1cccn1Cc1sccc1Cl. The van der Waals surface area contributed by atoms with E-state index in [1.807, 2.05) is 28.3 Å². The Hall–Kier alpha value is -1.06.